The summed E-state index contributed by atoms with van der Waals surface area (Å²) in [5.41, 5.74) is 0.525. The first-order valence-corrected chi connectivity index (χ1v) is 6.63. The third-order valence-electron chi connectivity index (χ3n) is 1.87. The van der Waals surface area contributed by atoms with Crippen molar-refractivity contribution in [3.05, 3.63) is 30.1 Å². The van der Waals surface area contributed by atoms with Crippen LogP contribution in [0.15, 0.2) is 24.5 Å². The van der Waals surface area contributed by atoms with Crippen molar-refractivity contribution in [1.82, 2.24) is 10.3 Å². The zero-order valence-electron chi connectivity index (χ0n) is 8.55. The Hall–Kier alpha value is -1.01. The number of hydrogen-bond donors (Lipinski definition) is 2. The summed E-state index contributed by atoms with van der Waals surface area (Å²) >= 11 is 3.79. The molecule has 0 atom stereocenters. The number of aromatic nitrogens is 1. The van der Waals surface area contributed by atoms with Crippen LogP contribution in [0, 0.1) is 0 Å². The van der Waals surface area contributed by atoms with E-state index in [1.807, 2.05) is 0 Å². The predicted molar refractivity (Wildman–Crippen MR) is 67.4 cm³/mol. The van der Waals surface area contributed by atoms with Crippen molar-refractivity contribution in [1.29, 1.82) is 0 Å². The van der Waals surface area contributed by atoms with Gasteiger partial charge in [0, 0.05) is 25.4 Å². The van der Waals surface area contributed by atoms with Crippen LogP contribution in [0.2, 0.25) is 0 Å². The molecular formula is C10H12N2O2S2. The van der Waals surface area contributed by atoms with E-state index in [1.165, 1.54) is 6.20 Å². The Morgan fingerprint density at radius 2 is 2.31 bits per heavy atom. The minimum Gasteiger partial charge on any atom is -0.352 e. The molecule has 1 heterocycles. The minimum atomic E-state index is -0.168. The third-order valence-corrected chi connectivity index (χ3v) is 2.89. The van der Waals surface area contributed by atoms with Crippen LogP contribution in [-0.2, 0) is 4.79 Å². The summed E-state index contributed by atoms with van der Waals surface area (Å²) in [6.45, 7) is 0.480. The van der Waals surface area contributed by atoms with Gasteiger partial charge in [-0.1, -0.05) is 0 Å². The highest BCUT2D eigenvalue weighted by Gasteiger charge is 2.04. The highest BCUT2D eigenvalue weighted by Crippen LogP contribution is 2.10. The van der Waals surface area contributed by atoms with E-state index in [9.17, 15) is 9.59 Å². The molecule has 1 rings (SSSR count). The lowest BCUT2D eigenvalue weighted by atomic mass is 10.2. The number of hydrogen-bond acceptors (Lipinski definition) is 5. The summed E-state index contributed by atoms with van der Waals surface area (Å²) in [6.07, 6.45) is 4.16. The molecule has 1 aromatic rings. The van der Waals surface area contributed by atoms with E-state index in [-0.39, 0.29) is 11.0 Å². The van der Waals surface area contributed by atoms with Gasteiger partial charge in [-0.05, 0) is 29.3 Å². The lowest BCUT2D eigenvalue weighted by Gasteiger charge is -2.03. The molecule has 4 nitrogen and oxygen atoms in total. The Labute approximate surface area is 103 Å². The highest BCUT2D eigenvalue weighted by molar-refractivity contribution is 8.74. The molecule has 0 radical (unpaired) electrons. The lowest BCUT2D eigenvalue weighted by molar-refractivity contribution is -0.110. The van der Waals surface area contributed by atoms with Crippen LogP contribution < -0.4 is 5.32 Å². The molecule has 0 unspecified atom stereocenters. The van der Waals surface area contributed by atoms with Gasteiger partial charge >= 0.3 is 0 Å². The predicted octanol–water partition coefficient (Wildman–Crippen LogP) is 1.70. The van der Waals surface area contributed by atoms with Gasteiger partial charge in [-0.3, -0.25) is 14.6 Å². The zero-order valence-corrected chi connectivity index (χ0v) is 10.3. The Morgan fingerprint density at radius 3 is 2.94 bits per heavy atom. The molecule has 1 aromatic heterocycles. The second kappa shape index (κ2) is 7.29. The fourth-order valence-electron chi connectivity index (χ4n) is 1.08. The quantitative estimate of drug-likeness (QED) is 0.478. The monoisotopic (exact) mass is 256 g/mol. The average molecular weight is 256 g/mol. The van der Waals surface area contributed by atoms with E-state index >= 15 is 0 Å². The fraction of sp³-hybridized carbons (Fsp3) is 0.300. The zero-order chi connectivity index (χ0) is 11.8. The number of carbonyl (C=O) groups is 2. The van der Waals surface area contributed by atoms with Gasteiger partial charge in [0.05, 0.1) is 5.56 Å². The number of carbonyl (C=O) groups excluding carboxylic acids is 2. The summed E-state index contributed by atoms with van der Waals surface area (Å²) in [6, 6.07) is 3.40. The summed E-state index contributed by atoms with van der Waals surface area (Å²) < 4.78 is 0. The molecule has 0 spiro atoms. The van der Waals surface area contributed by atoms with Crippen molar-refractivity contribution in [2.45, 2.75) is 12.8 Å². The first kappa shape index (κ1) is 13.1. The highest BCUT2D eigenvalue weighted by atomic mass is 33.1. The molecule has 6 heteroatoms. The number of thiol groups is 1. The first-order chi connectivity index (χ1) is 7.74. The van der Waals surface area contributed by atoms with E-state index in [4.69, 9.17) is 0 Å². The van der Waals surface area contributed by atoms with Crippen molar-refractivity contribution in [2.24, 2.45) is 0 Å². The smallest absolute Gasteiger partial charge is 0.252 e. The summed E-state index contributed by atoms with van der Waals surface area (Å²) in [7, 11) is 0.913. The topological polar surface area (TPSA) is 59.1 Å². The normalized spacial score (nSPS) is 9.81. The van der Waals surface area contributed by atoms with E-state index in [1.54, 1.807) is 18.3 Å². The molecule has 0 aliphatic carbocycles. The Kier molecular flexibility index (Phi) is 5.95. The molecule has 0 saturated heterocycles. The summed E-state index contributed by atoms with van der Waals surface area (Å²) in [5, 5.41) is 2.73. The largest absolute Gasteiger partial charge is 0.352 e. The van der Waals surface area contributed by atoms with Gasteiger partial charge in [-0.2, -0.15) is 0 Å². The Balaban J connectivity index is 2.24. The van der Waals surface area contributed by atoms with Crippen molar-refractivity contribution in [3.63, 3.8) is 0 Å². The van der Waals surface area contributed by atoms with E-state index < -0.39 is 0 Å². The van der Waals surface area contributed by atoms with E-state index in [0.717, 1.165) is 10.8 Å². The number of amides is 1. The van der Waals surface area contributed by atoms with Crippen LogP contribution in [0.5, 0.6) is 0 Å². The van der Waals surface area contributed by atoms with Gasteiger partial charge in [0.15, 0.2) is 5.12 Å². The van der Waals surface area contributed by atoms with Crippen LogP contribution >= 0.6 is 22.5 Å². The van der Waals surface area contributed by atoms with Gasteiger partial charge < -0.3 is 5.32 Å². The van der Waals surface area contributed by atoms with Gasteiger partial charge in [-0.25, -0.2) is 0 Å². The minimum absolute atomic E-state index is 0.0129. The summed E-state index contributed by atoms with van der Waals surface area (Å²) in [4.78, 5) is 26.2. The number of nitrogens with zero attached hydrogens (tertiary/aromatic N) is 1. The number of nitrogens with one attached hydrogen (secondary N) is 1. The molecule has 1 N–H and O–H groups in total. The summed E-state index contributed by atoms with van der Waals surface area (Å²) in [5.74, 6) is -0.168. The Morgan fingerprint density at radius 1 is 1.50 bits per heavy atom. The first-order valence-electron chi connectivity index (χ1n) is 4.76. The van der Waals surface area contributed by atoms with Crippen LogP contribution in [0.3, 0.4) is 0 Å². The van der Waals surface area contributed by atoms with Crippen molar-refractivity contribution >= 4 is 33.5 Å². The molecule has 0 aromatic carbocycles. The van der Waals surface area contributed by atoms with Crippen LogP contribution in [-0.4, -0.2) is 22.6 Å². The molecule has 0 saturated carbocycles. The second-order valence-corrected chi connectivity index (χ2v) is 4.25. The molecule has 86 valence electrons. The number of pyridine rings is 1. The van der Waals surface area contributed by atoms with Gasteiger partial charge in [-0.15, -0.1) is 11.7 Å². The average Bonchev–Trinajstić information content (AvgIpc) is 2.35. The van der Waals surface area contributed by atoms with E-state index in [0.29, 0.717) is 24.9 Å². The standard InChI is InChI=1S/C10H12N2O2S2/c13-9(16-15)4-2-6-12-10(14)8-3-1-5-11-7-8/h1,3,5,7,15H,2,4,6H2,(H,12,14). The maximum Gasteiger partial charge on any atom is 0.252 e. The van der Waals surface area contributed by atoms with Gasteiger partial charge in [0.2, 0.25) is 0 Å². The molecule has 0 fully saturated rings. The van der Waals surface area contributed by atoms with Crippen molar-refractivity contribution < 1.29 is 9.59 Å². The van der Waals surface area contributed by atoms with Crippen molar-refractivity contribution in [2.75, 3.05) is 6.54 Å². The maximum absolute atomic E-state index is 11.5. The van der Waals surface area contributed by atoms with Crippen LogP contribution in [0.25, 0.3) is 0 Å². The van der Waals surface area contributed by atoms with Gasteiger partial charge in [0.25, 0.3) is 5.91 Å². The maximum atomic E-state index is 11.5. The molecule has 0 aliphatic heterocycles. The molecule has 0 bridgehead atoms. The van der Waals surface area contributed by atoms with Crippen LogP contribution in [0.4, 0.5) is 0 Å². The SMILES string of the molecule is O=C(CCCNC(=O)c1cccnc1)SS. The fourth-order valence-corrected chi connectivity index (χ4v) is 1.59. The second-order valence-electron chi connectivity index (χ2n) is 3.06. The lowest BCUT2D eigenvalue weighted by Crippen LogP contribution is -2.24. The number of rotatable bonds is 5. The molecule has 1 amide bonds. The third kappa shape index (κ3) is 4.67. The van der Waals surface area contributed by atoms with Crippen molar-refractivity contribution in [3.8, 4) is 0 Å². The van der Waals surface area contributed by atoms with Crippen LogP contribution in [0.1, 0.15) is 23.2 Å². The molecule has 0 aliphatic rings. The van der Waals surface area contributed by atoms with Gasteiger partial charge in [0.1, 0.15) is 0 Å². The molecule has 16 heavy (non-hydrogen) atoms. The Bertz CT molecular complexity index is 357. The molecular weight excluding hydrogens is 244 g/mol. The van der Waals surface area contributed by atoms with E-state index in [2.05, 4.69) is 22.0 Å².